The summed E-state index contributed by atoms with van der Waals surface area (Å²) >= 11 is 0. The second-order valence-electron chi connectivity index (χ2n) is 4.03. The van der Waals surface area contributed by atoms with E-state index in [1.807, 2.05) is 0 Å². The molecule has 2 N–H and O–H groups in total. The first-order chi connectivity index (χ1) is 8.52. The number of nitrogens with zero attached hydrogens (tertiary/aromatic N) is 4. The standard InChI is InChI=1S/C10H16N4O4/c1-3-4-18-10(17)14(2)7-5-6(12-13-11)8(15)9(7)16/h3,6-9,15-16H,1,4-5H2,2H3. The van der Waals surface area contributed by atoms with E-state index in [1.54, 1.807) is 0 Å². The van der Waals surface area contributed by atoms with E-state index in [0.717, 1.165) is 0 Å². The molecule has 0 bridgehead atoms. The monoisotopic (exact) mass is 256 g/mol. The molecule has 1 fully saturated rings. The van der Waals surface area contributed by atoms with Crippen LogP contribution in [0.5, 0.6) is 0 Å². The number of ether oxygens (including phenoxy) is 1. The topological polar surface area (TPSA) is 119 Å². The predicted molar refractivity (Wildman–Crippen MR) is 62.7 cm³/mol. The summed E-state index contributed by atoms with van der Waals surface area (Å²) < 4.78 is 4.82. The Balaban J connectivity index is 2.69. The maximum Gasteiger partial charge on any atom is 0.410 e. The van der Waals surface area contributed by atoms with Gasteiger partial charge in [0.15, 0.2) is 0 Å². The van der Waals surface area contributed by atoms with E-state index in [9.17, 15) is 15.0 Å². The van der Waals surface area contributed by atoms with E-state index in [1.165, 1.54) is 18.0 Å². The third-order valence-corrected chi connectivity index (χ3v) is 2.93. The lowest BCUT2D eigenvalue weighted by Crippen LogP contribution is -2.44. The molecule has 1 aliphatic rings. The van der Waals surface area contributed by atoms with Gasteiger partial charge in [-0.2, -0.15) is 0 Å². The van der Waals surface area contributed by atoms with Crippen LogP contribution in [0.15, 0.2) is 17.8 Å². The van der Waals surface area contributed by atoms with Crippen LogP contribution in [0.1, 0.15) is 6.42 Å². The molecule has 8 nitrogen and oxygen atoms in total. The summed E-state index contributed by atoms with van der Waals surface area (Å²) in [6.45, 7) is 3.48. The molecule has 1 aliphatic carbocycles. The van der Waals surface area contributed by atoms with Gasteiger partial charge in [-0.1, -0.05) is 17.8 Å². The molecule has 0 radical (unpaired) electrons. The van der Waals surface area contributed by atoms with Gasteiger partial charge in [0.2, 0.25) is 0 Å². The van der Waals surface area contributed by atoms with Crippen LogP contribution >= 0.6 is 0 Å². The molecule has 4 atom stereocenters. The van der Waals surface area contributed by atoms with Gasteiger partial charge in [0, 0.05) is 12.0 Å². The summed E-state index contributed by atoms with van der Waals surface area (Å²) in [6, 6.07) is -1.39. The minimum atomic E-state index is -1.18. The van der Waals surface area contributed by atoms with Gasteiger partial charge in [0.05, 0.1) is 18.2 Å². The van der Waals surface area contributed by atoms with Gasteiger partial charge in [-0.25, -0.2) is 4.79 Å². The molecule has 0 aromatic carbocycles. The van der Waals surface area contributed by atoms with Gasteiger partial charge < -0.3 is 19.8 Å². The number of azide groups is 1. The van der Waals surface area contributed by atoms with Crippen LogP contribution in [0.4, 0.5) is 4.79 Å². The zero-order valence-corrected chi connectivity index (χ0v) is 10.0. The van der Waals surface area contributed by atoms with Crippen molar-refractivity contribution >= 4 is 6.09 Å². The number of carbonyl (C=O) groups excluding carboxylic acids is 1. The first-order valence-corrected chi connectivity index (χ1v) is 5.43. The Hall–Kier alpha value is -1.76. The fourth-order valence-electron chi connectivity index (χ4n) is 1.92. The van der Waals surface area contributed by atoms with Crippen molar-refractivity contribution in [2.75, 3.05) is 13.7 Å². The molecule has 0 saturated heterocycles. The number of hydrogen-bond acceptors (Lipinski definition) is 5. The van der Waals surface area contributed by atoms with Crippen LogP contribution in [0, 0.1) is 0 Å². The molecule has 0 spiro atoms. The van der Waals surface area contributed by atoms with Crippen molar-refractivity contribution in [2.24, 2.45) is 5.11 Å². The maximum atomic E-state index is 11.6. The van der Waals surface area contributed by atoms with Gasteiger partial charge in [0.25, 0.3) is 0 Å². The Morgan fingerprint density at radius 2 is 2.33 bits per heavy atom. The number of amides is 1. The summed E-state index contributed by atoms with van der Waals surface area (Å²) in [7, 11) is 1.45. The smallest absolute Gasteiger partial charge is 0.410 e. The minimum Gasteiger partial charge on any atom is -0.445 e. The highest BCUT2D eigenvalue weighted by Gasteiger charge is 2.44. The van der Waals surface area contributed by atoms with E-state index in [-0.39, 0.29) is 13.0 Å². The number of hydrogen-bond donors (Lipinski definition) is 2. The molecule has 1 amide bonds. The third-order valence-electron chi connectivity index (χ3n) is 2.93. The molecule has 1 saturated carbocycles. The van der Waals surface area contributed by atoms with Crippen LogP contribution in [0.3, 0.4) is 0 Å². The molecule has 1 rings (SSSR count). The summed E-state index contributed by atoms with van der Waals surface area (Å²) in [5, 5.41) is 22.8. The molecule has 8 heteroatoms. The summed E-state index contributed by atoms with van der Waals surface area (Å²) in [5.74, 6) is 0. The van der Waals surface area contributed by atoms with Crippen molar-refractivity contribution in [1.82, 2.24) is 4.90 Å². The van der Waals surface area contributed by atoms with Crippen molar-refractivity contribution in [3.8, 4) is 0 Å². The van der Waals surface area contributed by atoms with Crippen molar-refractivity contribution in [1.29, 1.82) is 0 Å². The maximum absolute atomic E-state index is 11.6. The van der Waals surface area contributed by atoms with E-state index in [0.29, 0.717) is 0 Å². The van der Waals surface area contributed by atoms with E-state index in [2.05, 4.69) is 16.6 Å². The fourth-order valence-corrected chi connectivity index (χ4v) is 1.92. The van der Waals surface area contributed by atoms with Crippen LogP contribution < -0.4 is 0 Å². The minimum absolute atomic E-state index is 0.0638. The molecule has 0 aromatic rings. The Kier molecular flexibility index (Phi) is 4.96. The predicted octanol–water partition coefficient (Wildman–Crippen LogP) is 0.414. The zero-order chi connectivity index (χ0) is 13.7. The molecule has 0 heterocycles. The van der Waals surface area contributed by atoms with Crippen molar-refractivity contribution in [3.05, 3.63) is 23.1 Å². The zero-order valence-electron chi connectivity index (χ0n) is 10.0. The van der Waals surface area contributed by atoms with Gasteiger partial charge in [-0.3, -0.25) is 0 Å². The number of aliphatic hydroxyl groups is 2. The lowest BCUT2D eigenvalue weighted by Gasteiger charge is -2.26. The molecular formula is C10H16N4O4. The molecule has 4 unspecified atom stereocenters. The fraction of sp³-hybridized carbons (Fsp3) is 0.700. The lowest BCUT2D eigenvalue weighted by molar-refractivity contribution is 0.00136. The van der Waals surface area contributed by atoms with Gasteiger partial charge in [-0.05, 0) is 12.0 Å². The summed E-state index contributed by atoms with van der Waals surface area (Å²) in [5.41, 5.74) is 8.33. The quantitative estimate of drug-likeness (QED) is 0.327. The van der Waals surface area contributed by atoms with E-state index < -0.39 is 30.4 Å². The number of aliphatic hydroxyl groups excluding tert-OH is 2. The Morgan fingerprint density at radius 3 is 2.89 bits per heavy atom. The van der Waals surface area contributed by atoms with E-state index in [4.69, 9.17) is 10.3 Å². The Labute approximate surface area is 104 Å². The average molecular weight is 256 g/mol. The highest BCUT2D eigenvalue weighted by molar-refractivity contribution is 5.68. The molecule has 0 aliphatic heterocycles. The van der Waals surface area contributed by atoms with Gasteiger partial charge in [-0.15, -0.1) is 0 Å². The van der Waals surface area contributed by atoms with Crippen molar-refractivity contribution < 1.29 is 19.7 Å². The first-order valence-electron chi connectivity index (χ1n) is 5.43. The molecule has 18 heavy (non-hydrogen) atoms. The lowest BCUT2D eigenvalue weighted by atomic mass is 10.2. The normalized spacial score (nSPS) is 30.4. The second kappa shape index (κ2) is 6.25. The second-order valence-corrected chi connectivity index (χ2v) is 4.03. The number of rotatable bonds is 4. The summed E-state index contributed by atoms with van der Waals surface area (Å²) in [4.78, 5) is 15.3. The largest absolute Gasteiger partial charge is 0.445 e. The highest BCUT2D eigenvalue weighted by atomic mass is 16.6. The van der Waals surface area contributed by atoms with Gasteiger partial charge >= 0.3 is 6.09 Å². The highest BCUT2D eigenvalue weighted by Crippen LogP contribution is 2.27. The first kappa shape index (κ1) is 14.3. The number of carbonyl (C=O) groups is 1. The molecular weight excluding hydrogens is 240 g/mol. The SMILES string of the molecule is C=CCOC(=O)N(C)C1CC(N=[N+]=[N-])C(O)C1O. The molecule has 0 aromatic heterocycles. The Bertz CT molecular complexity index is 369. The van der Waals surface area contributed by atoms with Crippen LogP contribution in [0.25, 0.3) is 10.4 Å². The number of likely N-dealkylation sites (N-methyl/N-ethyl adjacent to an activating group) is 1. The van der Waals surface area contributed by atoms with Crippen molar-refractivity contribution in [3.63, 3.8) is 0 Å². The average Bonchev–Trinajstić information content (AvgIpc) is 2.64. The summed E-state index contributed by atoms with van der Waals surface area (Å²) in [6.07, 6.45) is -1.37. The van der Waals surface area contributed by atoms with Crippen LogP contribution in [0.2, 0.25) is 0 Å². The van der Waals surface area contributed by atoms with Gasteiger partial charge in [0.1, 0.15) is 12.7 Å². The Morgan fingerprint density at radius 1 is 1.67 bits per heavy atom. The van der Waals surface area contributed by atoms with Crippen LogP contribution in [-0.4, -0.2) is 59.2 Å². The van der Waals surface area contributed by atoms with Crippen molar-refractivity contribution in [2.45, 2.75) is 30.7 Å². The third kappa shape index (κ3) is 2.92. The molecule has 100 valence electrons. The van der Waals surface area contributed by atoms with E-state index >= 15 is 0 Å². The van der Waals surface area contributed by atoms with Crippen LogP contribution in [-0.2, 0) is 4.74 Å².